The van der Waals surface area contributed by atoms with Crippen molar-refractivity contribution >= 4 is 17.4 Å². The molecule has 0 amide bonds. The van der Waals surface area contributed by atoms with Crippen molar-refractivity contribution in [3.05, 3.63) is 97.9 Å². The van der Waals surface area contributed by atoms with Crippen LogP contribution in [-0.2, 0) is 6.42 Å². The molecule has 0 spiro atoms. The van der Waals surface area contributed by atoms with Crippen LogP contribution in [0.5, 0.6) is 5.75 Å². The zero-order valence-corrected chi connectivity index (χ0v) is 17.5. The van der Waals surface area contributed by atoms with Gasteiger partial charge in [-0.3, -0.25) is 9.59 Å². The van der Waals surface area contributed by atoms with Crippen molar-refractivity contribution < 1.29 is 9.53 Å². The van der Waals surface area contributed by atoms with Crippen LogP contribution in [-0.4, -0.2) is 10.8 Å². The Morgan fingerprint density at radius 3 is 2.48 bits per heavy atom. The topological polar surface area (TPSA) is 59.2 Å². The Balaban J connectivity index is 1.69. The van der Waals surface area contributed by atoms with E-state index in [2.05, 4.69) is 4.98 Å². The van der Waals surface area contributed by atoms with Crippen molar-refractivity contribution in [3.8, 4) is 5.75 Å². The van der Waals surface area contributed by atoms with Gasteiger partial charge in [0, 0.05) is 33.8 Å². The Morgan fingerprint density at radius 1 is 1.10 bits per heavy atom. The summed E-state index contributed by atoms with van der Waals surface area (Å²) in [5, 5.41) is 0.489. The minimum absolute atomic E-state index is 0.0468. The van der Waals surface area contributed by atoms with Crippen LogP contribution in [0.3, 0.4) is 0 Å². The monoisotopic (exact) mass is 409 g/mol. The summed E-state index contributed by atoms with van der Waals surface area (Å²) in [5.74, 6) is 0.712. The first-order valence-electron chi connectivity index (χ1n) is 9.59. The number of ether oxygens (including phenoxy) is 1. The maximum Gasteiger partial charge on any atom is 0.251 e. The molecule has 5 heteroatoms. The second-order valence-corrected chi connectivity index (χ2v) is 7.58. The molecule has 0 aliphatic rings. The number of para-hydroxylation sites is 1. The third-order valence-electron chi connectivity index (χ3n) is 4.91. The van der Waals surface area contributed by atoms with E-state index >= 15 is 0 Å². The molecule has 1 heterocycles. The summed E-state index contributed by atoms with van der Waals surface area (Å²) in [4.78, 5) is 27.6. The maximum absolute atomic E-state index is 12.6. The molecule has 0 aliphatic heterocycles. The van der Waals surface area contributed by atoms with Gasteiger partial charge in [-0.05, 0) is 57.0 Å². The number of hydrogen-bond donors (Lipinski definition) is 1. The zero-order chi connectivity index (χ0) is 21.0. The van der Waals surface area contributed by atoms with Gasteiger partial charge in [0.1, 0.15) is 11.9 Å². The number of aromatic amines is 1. The molecule has 0 aliphatic carbocycles. The first kappa shape index (κ1) is 20.9. The van der Waals surface area contributed by atoms with E-state index < -0.39 is 0 Å². The van der Waals surface area contributed by atoms with Crippen LogP contribution >= 0.6 is 11.6 Å². The summed E-state index contributed by atoms with van der Waals surface area (Å²) in [7, 11) is 0. The van der Waals surface area contributed by atoms with Crippen molar-refractivity contribution in [3.63, 3.8) is 0 Å². The number of hydrogen-bond acceptors (Lipinski definition) is 3. The maximum atomic E-state index is 12.6. The second kappa shape index (κ2) is 9.10. The van der Waals surface area contributed by atoms with Gasteiger partial charge in [-0.2, -0.15) is 0 Å². The lowest BCUT2D eigenvalue weighted by molar-refractivity contribution is 0.0982. The molecule has 0 fully saturated rings. The highest BCUT2D eigenvalue weighted by Gasteiger charge is 2.15. The Kier molecular flexibility index (Phi) is 6.55. The van der Waals surface area contributed by atoms with Gasteiger partial charge in [0.2, 0.25) is 0 Å². The van der Waals surface area contributed by atoms with Gasteiger partial charge >= 0.3 is 0 Å². The number of aromatic nitrogens is 1. The van der Waals surface area contributed by atoms with Crippen LogP contribution < -0.4 is 10.3 Å². The summed E-state index contributed by atoms with van der Waals surface area (Å²) in [6.45, 7) is 5.65. The van der Waals surface area contributed by atoms with Crippen LogP contribution in [0.4, 0.5) is 0 Å². The Hall–Kier alpha value is -2.85. The summed E-state index contributed by atoms with van der Waals surface area (Å²) < 4.78 is 5.92. The summed E-state index contributed by atoms with van der Waals surface area (Å²) >= 11 is 6.43. The smallest absolute Gasteiger partial charge is 0.251 e. The molecule has 1 aromatic heterocycles. The van der Waals surface area contributed by atoms with Crippen molar-refractivity contribution in [1.82, 2.24) is 4.98 Å². The van der Waals surface area contributed by atoms with Gasteiger partial charge in [-0.1, -0.05) is 41.9 Å². The van der Waals surface area contributed by atoms with Gasteiger partial charge in [-0.25, -0.2) is 0 Å². The standard InChI is InChI=1S/C24H24ClNO3/c1-15-13-16(2)26-24(28)20(15)11-12-23(27)18-9-10-21(22(25)14-18)17(3)29-19-7-5-4-6-8-19/h4-10,13-14,17H,11-12H2,1-3H3,(H,26,28). The molecule has 1 atom stereocenters. The number of pyridine rings is 1. The molecule has 4 nitrogen and oxygen atoms in total. The van der Waals surface area contributed by atoms with Gasteiger partial charge in [0.25, 0.3) is 5.56 Å². The van der Waals surface area contributed by atoms with Crippen LogP contribution in [0.15, 0.2) is 59.4 Å². The normalized spacial score (nSPS) is 11.9. The molecule has 3 aromatic rings. The number of aryl methyl sites for hydroxylation is 2. The van der Waals surface area contributed by atoms with E-state index in [1.807, 2.05) is 63.2 Å². The Bertz CT molecular complexity index is 1070. The number of halogens is 1. The number of benzene rings is 2. The van der Waals surface area contributed by atoms with Gasteiger partial charge in [0.05, 0.1) is 0 Å². The van der Waals surface area contributed by atoms with Gasteiger partial charge < -0.3 is 9.72 Å². The molecule has 150 valence electrons. The van der Waals surface area contributed by atoms with Crippen LogP contribution in [0, 0.1) is 13.8 Å². The highest BCUT2D eigenvalue weighted by Crippen LogP contribution is 2.28. The number of ketones is 1. The molecule has 0 saturated carbocycles. The molecule has 29 heavy (non-hydrogen) atoms. The fourth-order valence-electron chi connectivity index (χ4n) is 3.37. The molecule has 3 rings (SSSR count). The molecular weight excluding hydrogens is 386 g/mol. The van der Waals surface area contributed by atoms with E-state index in [1.54, 1.807) is 12.1 Å². The average Bonchev–Trinajstić information content (AvgIpc) is 2.67. The highest BCUT2D eigenvalue weighted by atomic mass is 35.5. The molecule has 0 bridgehead atoms. The molecular formula is C24H24ClNO3. The average molecular weight is 410 g/mol. The van der Waals surface area contributed by atoms with E-state index in [4.69, 9.17) is 16.3 Å². The minimum atomic E-state index is -0.247. The SMILES string of the molecule is Cc1cc(C)c(CCC(=O)c2ccc(C(C)Oc3ccccc3)c(Cl)c2)c(=O)[nH]1. The van der Waals surface area contributed by atoms with E-state index in [9.17, 15) is 9.59 Å². The van der Waals surface area contributed by atoms with E-state index in [0.29, 0.717) is 22.6 Å². The van der Waals surface area contributed by atoms with Crippen LogP contribution in [0.25, 0.3) is 0 Å². The van der Waals surface area contributed by atoms with Crippen molar-refractivity contribution in [2.24, 2.45) is 0 Å². The lowest BCUT2D eigenvalue weighted by Crippen LogP contribution is -2.17. The minimum Gasteiger partial charge on any atom is -0.486 e. The number of carbonyl (C=O) groups is 1. The van der Waals surface area contributed by atoms with E-state index in [1.165, 1.54) is 0 Å². The van der Waals surface area contributed by atoms with Gasteiger partial charge in [0.15, 0.2) is 5.78 Å². The predicted molar refractivity (Wildman–Crippen MR) is 116 cm³/mol. The largest absolute Gasteiger partial charge is 0.486 e. The first-order chi connectivity index (χ1) is 13.8. The fourth-order valence-corrected chi connectivity index (χ4v) is 3.71. The van der Waals surface area contributed by atoms with E-state index in [-0.39, 0.29) is 23.9 Å². The fraction of sp³-hybridized carbons (Fsp3) is 0.250. The first-order valence-corrected chi connectivity index (χ1v) is 9.96. The number of Topliss-reactive ketones (excluding diaryl/α,β-unsaturated/α-hetero) is 1. The molecule has 0 saturated heterocycles. The number of nitrogens with one attached hydrogen (secondary N) is 1. The third kappa shape index (κ3) is 5.15. The van der Waals surface area contributed by atoms with E-state index in [0.717, 1.165) is 22.6 Å². The predicted octanol–water partition coefficient (Wildman–Crippen LogP) is 5.60. The number of carbonyl (C=O) groups excluding carboxylic acids is 1. The second-order valence-electron chi connectivity index (χ2n) is 7.18. The molecule has 1 N–H and O–H groups in total. The quantitative estimate of drug-likeness (QED) is 0.516. The van der Waals surface area contributed by atoms with Crippen LogP contribution in [0.1, 0.15) is 52.2 Å². The summed E-state index contributed by atoms with van der Waals surface area (Å²) in [6.07, 6.45) is 0.397. The lowest BCUT2D eigenvalue weighted by Gasteiger charge is -2.17. The molecule has 0 radical (unpaired) electrons. The number of rotatable bonds is 7. The summed E-state index contributed by atoms with van der Waals surface area (Å²) in [6, 6.07) is 16.7. The third-order valence-corrected chi connectivity index (χ3v) is 5.24. The zero-order valence-electron chi connectivity index (χ0n) is 16.8. The Labute approximate surface area is 175 Å². The number of H-pyrrole nitrogens is 1. The lowest BCUT2D eigenvalue weighted by atomic mass is 9.99. The Morgan fingerprint density at radius 2 is 1.83 bits per heavy atom. The van der Waals surface area contributed by atoms with Crippen molar-refractivity contribution in [1.29, 1.82) is 0 Å². The van der Waals surface area contributed by atoms with Crippen molar-refractivity contribution in [2.75, 3.05) is 0 Å². The van der Waals surface area contributed by atoms with Crippen LogP contribution in [0.2, 0.25) is 5.02 Å². The summed E-state index contributed by atoms with van der Waals surface area (Å²) in [5.41, 5.74) is 3.59. The highest BCUT2D eigenvalue weighted by molar-refractivity contribution is 6.31. The van der Waals surface area contributed by atoms with Gasteiger partial charge in [-0.15, -0.1) is 0 Å². The van der Waals surface area contributed by atoms with Crippen molar-refractivity contribution in [2.45, 2.75) is 39.7 Å². The molecule has 2 aromatic carbocycles. The molecule has 1 unspecified atom stereocenters.